The van der Waals surface area contributed by atoms with E-state index in [0.29, 0.717) is 99.8 Å². The molecule has 2 heterocycles. The predicted octanol–water partition coefficient (Wildman–Crippen LogP) is 15.6. The molecule has 4 aromatic rings. The summed E-state index contributed by atoms with van der Waals surface area (Å²) in [6.07, 6.45) is 1.11. The molecule has 0 N–H and O–H groups in total. The Morgan fingerprint density at radius 3 is 1.26 bits per heavy atom. The third-order valence-electron chi connectivity index (χ3n) is 18.7. The highest BCUT2D eigenvalue weighted by molar-refractivity contribution is 7.99. The van der Waals surface area contributed by atoms with Gasteiger partial charge >= 0.3 is 24.0 Å². The number of ether oxygens (including phenoxy) is 12. The third kappa shape index (κ3) is 23.9. The highest BCUT2D eigenvalue weighted by Crippen LogP contribution is 2.53. The lowest BCUT2D eigenvalue weighted by molar-refractivity contribution is -0.284. The van der Waals surface area contributed by atoms with Crippen LogP contribution >= 0.6 is 11.8 Å². The number of thioether (sulfide) groups is 1. The van der Waals surface area contributed by atoms with E-state index in [0.717, 1.165) is 59.3 Å². The Morgan fingerprint density at radius 1 is 0.510 bits per heavy atom. The summed E-state index contributed by atoms with van der Waals surface area (Å²) in [4.78, 5) is 52.9. The molecular formula is C74H103F5O19S2. The van der Waals surface area contributed by atoms with Crippen molar-refractivity contribution in [1.29, 1.82) is 0 Å². The predicted molar refractivity (Wildman–Crippen MR) is 369 cm³/mol. The number of esters is 2. The molecule has 0 fully saturated rings. The second-order valence-corrected chi connectivity index (χ2v) is 28.6. The van der Waals surface area contributed by atoms with Gasteiger partial charge in [-0.3, -0.25) is 23.4 Å². The zero-order valence-corrected chi connectivity index (χ0v) is 61.4. The number of Topliss-reactive ketones (excluding diaryl/α,β-unsaturated/α-hetero) is 2. The Kier molecular flexibility index (Phi) is 34.2. The quantitative estimate of drug-likeness (QED) is 0.0100. The molecule has 2 aliphatic heterocycles. The maximum atomic E-state index is 13.4. The van der Waals surface area contributed by atoms with Crippen molar-refractivity contribution in [3.63, 3.8) is 0 Å². The SMILES string of the molecule is CCOC(=O)C(CCCCOS(C)(=O)=O)(CCCC[C@@H]1c2ccc(OCOC)cc2OC[C@]1(C)c1ccc(OCOC)cc1)C(=O)OCC.COCOc1ccc([C@@]2(C)COc3cc(OCOC)ccc3[C@H]2CCCCC(CCCCSCCCC(F)(F)C(F)(F)F)(C(C)=O)C(C)=O)cc1. The van der Waals surface area contributed by atoms with Gasteiger partial charge in [-0.15, -0.1) is 0 Å². The maximum absolute atomic E-state index is 13.4. The fourth-order valence-electron chi connectivity index (χ4n) is 13.1. The standard InChI is InChI=1S/C38H51F5O7S.C36H52O12S/c1-27(44)36(28(2)45,19-8-9-21-51-22-10-20-37(39,40)38(41,42)43)18-7-6-11-33-32-17-16-31(50-26-47-5)23-34(32)48-24-35(33,3)29-12-14-30(15-13-29)49-25-46-4;1-7-43-33(37)36(34(38)44-8-2,21-11-12-22-48-49(6,39)40)20-10-9-13-31-30-19-18-29(47-26-42-5)23-32(30)45-24-35(31,3)27-14-16-28(17-15-27)46-25-41-4/h12-17,23,33H,6-11,18-22,24-26H2,1-5H3;14-19,23,31H,7-13,20-22,24-26H2,1-6H3/t33-,35-;31-,35-/m11/s1. The Labute approximate surface area is 591 Å². The first kappa shape index (κ1) is 84.4. The van der Waals surface area contributed by atoms with Gasteiger partial charge in [0.2, 0.25) is 0 Å². The molecule has 0 aromatic heterocycles. The molecule has 4 aromatic carbocycles. The molecule has 4 atom stereocenters. The van der Waals surface area contributed by atoms with Crippen molar-refractivity contribution in [1.82, 2.24) is 0 Å². The second-order valence-electron chi connectivity index (χ2n) is 25.7. The van der Waals surface area contributed by atoms with Crippen LogP contribution in [-0.4, -0.2) is 150 Å². The number of carbonyl (C=O) groups excluding carboxylic acids is 4. The molecule has 6 rings (SSSR count). The highest BCUT2D eigenvalue weighted by Gasteiger charge is 2.56. The fourth-order valence-corrected chi connectivity index (χ4v) is 14.4. The largest absolute Gasteiger partial charge is 0.492 e. The molecule has 0 spiro atoms. The summed E-state index contributed by atoms with van der Waals surface area (Å²) >= 11 is 1.30. The fraction of sp³-hybridized carbons (Fsp3) is 0.622. The van der Waals surface area contributed by atoms with Gasteiger partial charge in [-0.25, -0.2) is 0 Å². The molecule has 100 heavy (non-hydrogen) atoms. The molecule has 0 radical (unpaired) electrons. The van der Waals surface area contributed by atoms with Gasteiger partial charge in [0.25, 0.3) is 10.1 Å². The van der Waals surface area contributed by atoms with Crippen molar-refractivity contribution < 1.29 is 111 Å². The Bertz CT molecular complexity index is 3250. The van der Waals surface area contributed by atoms with Gasteiger partial charge < -0.3 is 56.8 Å². The normalized spacial score (nSPS) is 17.6. The molecule has 26 heteroatoms. The minimum Gasteiger partial charge on any atom is -0.492 e. The Balaban J connectivity index is 0.000000361. The lowest BCUT2D eigenvalue weighted by Crippen LogP contribution is -2.42. The Hall–Kier alpha value is -6.29. The lowest BCUT2D eigenvalue weighted by Gasteiger charge is -2.43. The molecule has 0 amide bonds. The average molecular weight is 1460 g/mol. The first-order valence-electron chi connectivity index (χ1n) is 34.0. The summed E-state index contributed by atoms with van der Waals surface area (Å²) in [5.74, 6) is -1.40. The van der Waals surface area contributed by atoms with E-state index in [1.54, 1.807) is 42.3 Å². The number of rotatable bonds is 45. The van der Waals surface area contributed by atoms with E-state index < -0.39 is 62.2 Å². The molecule has 0 saturated carbocycles. The van der Waals surface area contributed by atoms with Gasteiger partial charge in [0, 0.05) is 69.7 Å². The van der Waals surface area contributed by atoms with E-state index in [1.807, 2.05) is 84.9 Å². The molecule has 0 aliphatic carbocycles. The summed E-state index contributed by atoms with van der Waals surface area (Å²) in [5, 5.41) is 0. The number of fused-ring (bicyclic) bond motifs is 2. The first-order valence-corrected chi connectivity index (χ1v) is 37.0. The number of halogens is 5. The van der Waals surface area contributed by atoms with Crippen LogP contribution in [0.3, 0.4) is 0 Å². The van der Waals surface area contributed by atoms with Crippen molar-refractivity contribution in [2.45, 2.75) is 179 Å². The number of hydrogen-bond donors (Lipinski definition) is 0. The molecule has 0 saturated heterocycles. The van der Waals surface area contributed by atoms with Crippen LogP contribution in [0.5, 0.6) is 34.5 Å². The smallest absolute Gasteiger partial charge is 0.453 e. The van der Waals surface area contributed by atoms with Crippen LogP contribution in [0.4, 0.5) is 22.0 Å². The number of benzene rings is 4. The summed E-state index contributed by atoms with van der Waals surface area (Å²) in [6, 6.07) is 27.4. The van der Waals surface area contributed by atoms with E-state index in [9.17, 15) is 49.5 Å². The summed E-state index contributed by atoms with van der Waals surface area (Å²) in [7, 11) is 2.65. The molecule has 0 unspecified atom stereocenters. The minimum absolute atomic E-state index is 0.0196. The Morgan fingerprint density at radius 2 is 0.880 bits per heavy atom. The number of methoxy groups -OCH3 is 4. The molecule has 19 nitrogen and oxygen atoms in total. The minimum atomic E-state index is -5.54. The summed E-state index contributed by atoms with van der Waals surface area (Å²) in [6.45, 7) is 12.2. The van der Waals surface area contributed by atoms with Gasteiger partial charge in [0.05, 0.1) is 44.7 Å². The molecular weight excluding hydrogens is 1350 g/mol. The summed E-state index contributed by atoms with van der Waals surface area (Å²) in [5.41, 5.74) is 0.777. The van der Waals surface area contributed by atoms with Crippen LogP contribution in [-0.2, 0) is 72.7 Å². The van der Waals surface area contributed by atoms with Crippen molar-refractivity contribution in [3.8, 4) is 34.5 Å². The van der Waals surface area contributed by atoms with Gasteiger partial charge in [0.15, 0.2) is 32.6 Å². The monoisotopic (exact) mass is 1450 g/mol. The number of hydrogen-bond acceptors (Lipinski definition) is 20. The zero-order chi connectivity index (χ0) is 73.6. The van der Waals surface area contributed by atoms with Crippen LogP contribution in [0.15, 0.2) is 84.9 Å². The van der Waals surface area contributed by atoms with Crippen molar-refractivity contribution in [2.24, 2.45) is 10.8 Å². The van der Waals surface area contributed by atoms with Gasteiger partial charge in [0.1, 0.15) is 46.1 Å². The zero-order valence-electron chi connectivity index (χ0n) is 59.8. The van der Waals surface area contributed by atoms with Crippen LogP contribution < -0.4 is 28.4 Å². The number of carbonyl (C=O) groups is 4. The number of alkyl halides is 5. The van der Waals surface area contributed by atoms with Gasteiger partial charge in [-0.1, -0.05) is 82.3 Å². The number of unbranched alkanes of at least 4 members (excludes halogenated alkanes) is 4. The topological polar surface area (TPSA) is 222 Å². The van der Waals surface area contributed by atoms with Crippen LogP contribution in [0.1, 0.15) is 178 Å². The highest BCUT2D eigenvalue weighted by atomic mass is 32.2. The molecule has 2 aliphatic rings. The van der Waals surface area contributed by atoms with Crippen LogP contribution in [0.25, 0.3) is 0 Å². The summed E-state index contributed by atoms with van der Waals surface area (Å²) < 4.78 is 157. The lowest BCUT2D eigenvalue weighted by atomic mass is 9.65. The van der Waals surface area contributed by atoms with E-state index in [4.69, 9.17) is 61.0 Å². The van der Waals surface area contributed by atoms with Crippen molar-refractivity contribution in [2.75, 3.05) is 106 Å². The van der Waals surface area contributed by atoms with Crippen LogP contribution in [0, 0.1) is 10.8 Å². The maximum Gasteiger partial charge on any atom is 0.453 e. The van der Waals surface area contributed by atoms with Crippen molar-refractivity contribution in [3.05, 3.63) is 107 Å². The second kappa shape index (κ2) is 40.5. The third-order valence-corrected chi connectivity index (χ3v) is 20.5. The molecule has 0 bridgehead atoms. The van der Waals surface area contributed by atoms with Gasteiger partial charge in [-0.2, -0.15) is 42.1 Å². The number of ketones is 2. The van der Waals surface area contributed by atoms with E-state index >= 15 is 0 Å². The van der Waals surface area contributed by atoms with Crippen molar-refractivity contribution >= 4 is 45.4 Å². The van der Waals surface area contributed by atoms with Crippen LogP contribution in [0.2, 0.25) is 0 Å². The molecule has 560 valence electrons. The van der Waals surface area contributed by atoms with E-state index in [-0.39, 0.29) is 95.4 Å². The van der Waals surface area contributed by atoms with E-state index in [2.05, 4.69) is 13.8 Å². The van der Waals surface area contributed by atoms with E-state index in [1.165, 1.54) is 25.6 Å². The average Bonchev–Trinajstić information content (AvgIpc) is 0.762. The first-order chi connectivity index (χ1) is 47.5. The van der Waals surface area contributed by atoms with Gasteiger partial charge in [-0.05, 0) is 162 Å².